The van der Waals surface area contributed by atoms with E-state index in [0.717, 1.165) is 19.4 Å². The average molecular weight is 181 g/mol. The van der Waals surface area contributed by atoms with Crippen molar-refractivity contribution in [3.05, 3.63) is 12.2 Å². The molecule has 2 bridgehead atoms. The highest BCUT2D eigenvalue weighted by atomic mass is 16.3. The van der Waals surface area contributed by atoms with Gasteiger partial charge in [0.2, 0.25) is 0 Å². The third-order valence-electron chi connectivity index (χ3n) is 3.66. The van der Waals surface area contributed by atoms with Crippen LogP contribution in [0, 0.1) is 11.8 Å². The van der Waals surface area contributed by atoms with Crippen LogP contribution in [0.25, 0.3) is 0 Å². The number of likely N-dealkylation sites (N-methyl/N-ethyl adjacent to an activating group) is 1. The molecular formula is C11H19NO. The summed E-state index contributed by atoms with van der Waals surface area (Å²) >= 11 is 0. The summed E-state index contributed by atoms with van der Waals surface area (Å²) in [5, 5.41) is 13.8. The minimum absolute atomic E-state index is 0.220. The van der Waals surface area contributed by atoms with Gasteiger partial charge in [0, 0.05) is 12.0 Å². The number of nitrogens with one attached hydrogen (secondary N) is 1. The minimum atomic E-state index is -0.477. The Kier molecular flexibility index (Phi) is 2.20. The number of hydrogen-bond acceptors (Lipinski definition) is 2. The molecular weight excluding hydrogens is 162 g/mol. The van der Waals surface area contributed by atoms with E-state index in [2.05, 4.69) is 31.3 Å². The molecule has 2 N–H and O–H groups in total. The average Bonchev–Trinajstić information content (AvgIpc) is 2.64. The lowest BCUT2D eigenvalue weighted by Crippen LogP contribution is -2.51. The lowest BCUT2D eigenvalue weighted by molar-refractivity contribution is -0.0157. The summed E-state index contributed by atoms with van der Waals surface area (Å²) in [5.41, 5.74) is -0.477. The van der Waals surface area contributed by atoms with Gasteiger partial charge in [-0.25, -0.2) is 0 Å². The Labute approximate surface area is 80.0 Å². The van der Waals surface area contributed by atoms with Crippen LogP contribution in [0.15, 0.2) is 12.2 Å². The molecule has 0 saturated heterocycles. The minimum Gasteiger partial charge on any atom is -0.388 e. The van der Waals surface area contributed by atoms with Crippen molar-refractivity contribution in [2.45, 2.75) is 38.3 Å². The molecule has 1 saturated carbocycles. The number of allylic oxidation sites excluding steroid dienone is 1. The van der Waals surface area contributed by atoms with E-state index in [4.69, 9.17) is 0 Å². The highest BCUT2D eigenvalue weighted by Gasteiger charge is 2.49. The summed E-state index contributed by atoms with van der Waals surface area (Å²) in [5.74, 6) is 1.03. The van der Waals surface area contributed by atoms with Gasteiger partial charge in [0.25, 0.3) is 0 Å². The molecule has 2 heteroatoms. The Morgan fingerprint density at radius 3 is 2.85 bits per heavy atom. The summed E-state index contributed by atoms with van der Waals surface area (Å²) in [7, 11) is 0. The van der Waals surface area contributed by atoms with Crippen molar-refractivity contribution in [2.75, 3.05) is 6.54 Å². The predicted molar refractivity (Wildman–Crippen MR) is 53.4 cm³/mol. The molecule has 1 fully saturated rings. The van der Waals surface area contributed by atoms with E-state index in [1.54, 1.807) is 0 Å². The molecule has 0 aromatic heterocycles. The van der Waals surface area contributed by atoms with Crippen LogP contribution in [0.2, 0.25) is 0 Å². The molecule has 0 spiro atoms. The van der Waals surface area contributed by atoms with Crippen LogP contribution in [0.3, 0.4) is 0 Å². The van der Waals surface area contributed by atoms with E-state index < -0.39 is 5.60 Å². The molecule has 13 heavy (non-hydrogen) atoms. The third-order valence-corrected chi connectivity index (χ3v) is 3.66. The topological polar surface area (TPSA) is 32.3 Å². The van der Waals surface area contributed by atoms with Crippen LogP contribution in [0.4, 0.5) is 0 Å². The van der Waals surface area contributed by atoms with E-state index in [1.165, 1.54) is 0 Å². The Morgan fingerprint density at radius 1 is 1.62 bits per heavy atom. The first kappa shape index (κ1) is 9.22. The second-order valence-corrected chi connectivity index (χ2v) is 4.46. The number of aliphatic hydroxyl groups is 1. The van der Waals surface area contributed by atoms with Gasteiger partial charge in [0.15, 0.2) is 0 Å². The fraction of sp³-hybridized carbons (Fsp3) is 0.818. The van der Waals surface area contributed by atoms with Crippen molar-refractivity contribution in [2.24, 2.45) is 11.8 Å². The maximum absolute atomic E-state index is 10.5. The van der Waals surface area contributed by atoms with Gasteiger partial charge in [-0.05, 0) is 32.2 Å². The molecule has 0 aromatic carbocycles. The molecule has 2 aliphatic carbocycles. The molecule has 0 aromatic rings. The Bertz CT molecular complexity index is 226. The first-order valence-electron chi connectivity index (χ1n) is 5.31. The van der Waals surface area contributed by atoms with E-state index in [9.17, 15) is 5.11 Å². The maximum atomic E-state index is 10.5. The van der Waals surface area contributed by atoms with Gasteiger partial charge in [-0.2, -0.15) is 0 Å². The summed E-state index contributed by atoms with van der Waals surface area (Å²) in [6, 6.07) is 0.220. The van der Waals surface area contributed by atoms with Crippen molar-refractivity contribution < 1.29 is 5.11 Å². The van der Waals surface area contributed by atoms with Gasteiger partial charge in [0.1, 0.15) is 0 Å². The molecule has 4 atom stereocenters. The Balaban J connectivity index is 2.09. The SMILES string of the molecule is CCNC(C)C1(O)CC2C=CC1C2. The quantitative estimate of drug-likeness (QED) is 0.643. The van der Waals surface area contributed by atoms with Crippen LogP contribution >= 0.6 is 0 Å². The molecule has 0 radical (unpaired) electrons. The predicted octanol–water partition coefficient (Wildman–Crippen LogP) is 1.31. The maximum Gasteiger partial charge on any atom is 0.0865 e. The van der Waals surface area contributed by atoms with Crippen LogP contribution in [-0.4, -0.2) is 23.3 Å². The fourth-order valence-corrected chi connectivity index (χ4v) is 2.85. The van der Waals surface area contributed by atoms with Crippen molar-refractivity contribution in [3.63, 3.8) is 0 Å². The van der Waals surface area contributed by atoms with Crippen molar-refractivity contribution >= 4 is 0 Å². The van der Waals surface area contributed by atoms with Crippen LogP contribution < -0.4 is 5.32 Å². The molecule has 74 valence electrons. The van der Waals surface area contributed by atoms with Crippen molar-refractivity contribution in [3.8, 4) is 0 Å². The first-order chi connectivity index (χ1) is 6.16. The normalized spacial score (nSPS) is 44.2. The second kappa shape index (κ2) is 3.10. The highest BCUT2D eigenvalue weighted by molar-refractivity contribution is 5.19. The van der Waals surface area contributed by atoms with Crippen molar-refractivity contribution in [1.82, 2.24) is 5.32 Å². The summed E-state index contributed by atoms with van der Waals surface area (Å²) < 4.78 is 0. The molecule has 0 aliphatic heterocycles. The summed E-state index contributed by atoms with van der Waals surface area (Å²) in [6.45, 7) is 5.12. The van der Waals surface area contributed by atoms with Gasteiger partial charge in [-0.1, -0.05) is 19.1 Å². The van der Waals surface area contributed by atoms with E-state index in [0.29, 0.717) is 11.8 Å². The zero-order valence-electron chi connectivity index (χ0n) is 8.46. The summed E-state index contributed by atoms with van der Waals surface area (Å²) in [6.07, 6.45) is 6.56. The molecule has 0 amide bonds. The van der Waals surface area contributed by atoms with E-state index in [-0.39, 0.29) is 6.04 Å². The Hall–Kier alpha value is -0.340. The van der Waals surface area contributed by atoms with Crippen LogP contribution in [0.1, 0.15) is 26.7 Å². The van der Waals surface area contributed by atoms with Gasteiger partial charge in [0.05, 0.1) is 5.60 Å². The van der Waals surface area contributed by atoms with Gasteiger partial charge < -0.3 is 10.4 Å². The fourth-order valence-electron chi connectivity index (χ4n) is 2.85. The zero-order valence-corrected chi connectivity index (χ0v) is 8.46. The zero-order chi connectivity index (χ0) is 9.47. The van der Waals surface area contributed by atoms with Gasteiger partial charge >= 0.3 is 0 Å². The van der Waals surface area contributed by atoms with Gasteiger partial charge in [-0.3, -0.25) is 0 Å². The summed E-state index contributed by atoms with van der Waals surface area (Å²) in [4.78, 5) is 0. The molecule has 2 aliphatic rings. The van der Waals surface area contributed by atoms with Crippen molar-refractivity contribution in [1.29, 1.82) is 0 Å². The molecule has 4 unspecified atom stereocenters. The smallest absolute Gasteiger partial charge is 0.0865 e. The Morgan fingerprint density at radius 2 is 2.38 bits per heavy atom. The van der Waals surface area contributed by atoms with Crippen LogP contribution in [0.5, 0.6) is 0 Å². The monoisotopic (exact) mass is 181 g/mol. The lowest BCUT2D eigenvalue weighted by Gasteiger charge is -2.36. The second-order valence-electron chi connectivity index (χ2n) is 4.46. The third kappa shape index (κ3) is 1.32. The highest BCUT2D eigenvalue weighted by Crippen LogP contribution is 2.47. The molecule has 0 heterocycles. The largest absolute Gasteiger partial charge is 0.388 e. The number of fused-ring (bicyclic) bond motifs is 2. The van der Waals surface area contributed by atoms with Crippen LogP contribution in [-0.2, 0) is 0 Å². The molecule has 2 rings (SSSR count). The number of hydrogen-bond donors (Lipinski definition) is 2. The number of rotatable bonds is 3. The standard InChI is InChI=1S/C11H19NO/c1-3-12-8(2)11(13)7-9-4-5-10(11)6-9/h4-5,8-10,12-13H,3,6-7H2,1-2H3. The van der Waals surface area contributed by atoms with Gasteiger partial charge in [-0.15, -0.1) is 0 Å². The first-order valence-corrected chi connectivity index (χ1v) is 5.31. The lowest BCUT2D eigenvalue weighted by atomic mass is 9.82. The van der Waals surface area contributed by atoms with E-state index in [1.807, 2.05) is 0 Å². The molecule has 2 nitrogen and oxygen atoms in total. The van der Waals surface area contributed by atoms with E-state index >= 15 is 0 Å².